The highest BCUT2D eigenvalue weighted by atomic mass is 35.5. The van der Waals surface area contributed by atoms with Crippen LogP contribution >= 0.6 is 11.6 Å². The smallest absolute Gasteiger partial charge is 0.407 e. The Balaban J connectivity index is 2.70. The van der Waals surface area contributed by atoms with E-state index in [-0.39, 0.29) is 19.0 Å². The average Bonchev–Trinajstić information content (AvgIpc) is 2.67. The fourth-order valence-electron chi connectivity index (χ4n) is 2.73. The molecular formula is C22H33ClN2O6. The highest BCUT2D eigenvalue weighted by Crippen LogP contribution is 2.29. The Morgan fingerprint density at radius 1 is 1.16 bits per heavy atom. The van der Waals surface area contributed by atoms with Gasteiger partial charge in [-0.1, -0.05) is 23.7 Å². The summed E-state index contributed by atoms with van der Waals surface area (Å²) in [5, 5.41) is 3.19. The quantitative estimate of drug-likeness (QED) is 0.365. The van der Waals surface area contributed by atoms with Crippen LogP contribution < -0.4 is 15.8 Å². The largest absolute Gasteiger partial charge is 0.490 e. The summed E-state index contributed by atoms with van der Waals surface area (Å²) in [7, 11) is 1.37. The first-order valence-corrected chi connectivity index (χ1v) is 10.6. The lowest BCUT2D eigenvalue weighted by Gasteiger charge is -2.24. The summed E-state index contributed by atoms with van der Waals surface area (Å²) in [5.74, 6) is -0.229. The molecule has 0 aromatic heterocycles. The van der Waals surface area contributed by atoms with Crippen molar-refractivity contribution in [2.45, 2.75) is 70.9 Å². The SMILES string of the molecule is COC(=O)CCCCc1cccc(OC[C@@H](CCC(N)=O)NC(=O)OC(C)(C)C)c1Cl. The van der Waals surface area contributed by atoms with Crippen molar-refractivity contribution in [2.24, 2.45) is 5.73 Å². The van der Waals surface area contributed by atoms with Crippen molar-refractivity contribution < 1.29 is 28.6 Å². The highest BCUT2D eigenvalue weighted by Gasteiger charge is 2.21. The highest BCUT2D eigenvalue weighted by molar-refractivity contribution is 6.32. The van der Waals surface area contributed by atoms with E-state index in [0.29, 0.717) is 36.5 Å². The molecule has 1 aromatic carbocycles. The van der Waals surface area contributed by atoms with Crippen LogP contribution in [0, 0.1) is 0 Å². The Labute approximate surface area is 188 Å². The predicted molar refractivity (Wildman–Crippen MR) is 118 cm³/mol. The topological polar surface area (TPSA) is 117 Å². The Hall–Kier alpha value is -2.48. The van der Waals surface area contributed by atoms with Crippen LogP contribution in [0.15, 0.2) is 18.2 Å². The number of aryl methyl sites for hydroxylation is 1. The van der Waals surface area contributed by atoms with Gasteiger partial charge >= 0.3 is 12.1 Å². The van der Waals surface area contributed by atoms with E-state index in [9.17, 15) is 14.4 Å². The maximum absolute atomic E-state index is 12.1. The summed E-state index contributed by atoms with van der Waals surface area (Å²) >= 11 is 6.48. The number of alkyl carbamates (subject to hydrolysis) is 1. The predicted octanol–water partition coefficient (Wildman–Crippen LogP) is 3.76. The number of primary amides is 1. The molecule has 1 aromatic rings. The van der Waals surface area contributed by atoms with Crippen molar-refractivity contribution >= 4 is 29.6 Å². The van der Waals surface area contributed by atoms with Crippen LogP contribution in [0.4, 0.5) is 4.79 Å². The van der Waals surface area contributed by atoms with Crippen LogP contribution in [-0.4, -0.2) is 43.3 Å². The van der Waals surface area contributed by atoms with Gasteiger partial charge < -0.3 is 25.3 Å². The third kappa shape index (κ3) is 11.5. The lowest BCUT2D eigenvalue weighted by Crippen LogP contribution is -2.42. The first kappa shape index (κ1) is 26.6. The summed E-state index contributed by atoms with van der Waals surface area (Å²) in [6.07, 6.45) is 2.33. The number of hydrogen-bond acceptors (Lipinski definition) is 6. The van der Waals surface area contributed by atoms with Crippen LogP contribution in [0.1, 0.15) is 58.4 Å². The van der Waals surface area contributed by atoms with E-state index >= 15 is 0 Å². The number of halogens is 1. The molecule has 0 radical (unpaired) electrons. The molecule has 3 N–H and O–H groups in total. The second-order valence-corrected chi connectivity index (χ2v) is 8.55. The van der Waals surface area contributed by atoms with Gasteiger partial charge in [0.2, 0.25) is 5.91 Å². The molecule has 8 nitrogen and oxygen atoms in total. The number of benzene rings is 1. The van der Waals surface area contributed by atoms with Crippen LogP contribution in [0.3, 0.4) is 0 Å². The van der Waals surface area contributed by atoms with Gasteiger partial charge in [-0.3, -0.25) is 9.59 Å². The molecule has 0 fully saturated rings. The molecule has 2 amide bonds. The first-order valence-electron chi connectivity index (χ1n) is 10.3. The molecule has 0 aliphatic carbocycles. The molecule has 0 heterocycles. The van der Waals surface area contributed by atoms with Crippen molar-refractivity contribution in [3.05, 3.63) is 28.8 Å². The van der Waals surface area contributed by atoms with Gasteiger partial charge in [-0.15, -0.1) is 0 Å². The van der Waals surface area contributed by atoms with Crippen molar-refractivity contribution in [1.82, 2.24) is 5.32 Å². The minimum atomic E-state index is -0.648. The van der Waals surface area contributed by atoms with E-state index in [0.717, 1.165) is 12.0 Å². The number of carbonyl (C=O) groups excluding carboxylic acids is 3. The molecule has 0 spiro atoms. The van der Waals surface area contributed by atoms with Gasteiger partial charge in [0, 0.05) is 12.8 Å². The van der Waals surface area contributed by atoms with E-state index < -0.39 is 23.6 Å². The first-order chi connectivity index (χ1) is 14.5. The average molecular weight is 457 g/mol. The summed E-state index contributed by atoms with van der Waals surface area (Å²) < 4.78 is 15.7. The van der Waals surface area contributed by atoms with Crippen molar-refractivity contribution in [3.63, 3.8) is 0 Å². The number of ether oxygens (including phenoxy) is 3. The van der Waals surface area contributed by atoms with Gasteiger partial charge in [-0.05, 0) is 58.1 Å². The number of carbonyl (C=O) groups is 3. The van der Waals surface area contributed by atoms with E-state index in [1.807, 2.05) is 12.1 Å². The van der Waals surface area contributed by atoms with Crippen molar-refractivity contribution in [2.75, 3.05) is 13.7 Å². The molecule has 31 heavy (non-hydrogen) atoms. The Morgan fingerprint density at radius 2 is 1.87 bits per heavy atom. The Bertz CT molecular complexity index is 748. The normalized spacial score (nSPS) is 12.0. The van der Waals surface area contributed by atoms with E-state index in [2.05, 4.69) is 10.1 Å². The zero-order valence-corrected chi connectivity index (χ0v) is 19.4. The molecule has 1 rings (SSSR count). The number of methoxy groups -OCH3 is 1. The van der Waals surface area contributed by atoms with Crippen molar-refractivity contribution in [1.29, 1.82) is 0 Å². The second kappa shape index (κ2) is 13.0. The zero-order chi connectivity index (χ0) is 23.4. The van der Waals surface area contributed by atoms with Gasteiger partial charge in [0.05, 0.1) is 18.2 Å². The second-order valence-electron chi connectivity index (χ2n) is 8.17. The number of nitrogens with one attached hydrogen (secondary N) is 1. The lowest BCUT2D eigenvalue weighted by molar-refractivity contribution is -0.140. The standard InChI is InChI=1S/C22H33ClN2O6/c1-22(2,3)31-21(28)25-16(12-13-18(24)26)14-30-17-10-7-9-15(20(17)23)8-5-6-11-19(27)29-4/h7,9-10,16H,5-6,8,11-14H2,1-4H3,(H2,24,26)(H,25,28)/t16-/m1/s1. The minimum Gasteiger partial charge on any atom is -0.490 e. The van der Waals surface area contributed by atoms with Crippen LogP contribution in [0.25, 0.3) is 0 Å². The number of esters is 1. The number of unbranched alkanes of at least 4 members (excludes halogenated alkanes) is 1. The monoisotopic (exact) mass is 456 g/mol. The van der Waals surface area contributed by atoms with Gasteiger partial charge in [0.1, 0.15) is 18.0 Å². The van der Waals surface area contributed by atoms with Gasteiger partial charge in [0.25, 0.3) is 0 Å². The van der Waals surface area contributed by atoms with Crippen LogP contribution in [0.2, 0.25) is 5.02 Å². The molecule has 0 aliphatic rings. The molecule has 0 bridgehead atoms. The minimum absolute atomic E-state index is 0.0950. The fourth-order valence-corrected chi connectivity index (χ4v) is 3.00. The number of hydrogen-bond donors (Lipinski definition) is 2. The van der Waals surface area contributed by atoms with Crippen LogP contribution in [0.5, 0.6) is 5.75 Å². The summed E-state index contributed by atoms with van der Waals surface area (Å²) in [5.41, 5.74) is 5.49. The molecule has 1 atom stereocenters. The van der Waals surface area contributed by atoms with Gasteiger partial charge in [-0.2, -0.15) is 0 Å². The number of rotatable bonds is 12. The summed E-state index contributed by atoms with van der Waals surface area (Å²) in [6.45, 7) is 5.38. The van der Waals surface area contributed by atoms with Gasteiger partial charge in [0.15, 0.2) is 0 Å². The lowest BCUT2D eigenvalue weighted by atomic mass is 10.1. The van der Waals surface area contributed by atoms with Crippen LogP contribution in [-0.2, 0) is 25.5 Å². The number of nitrogens with two attached hydrogens (primary N) is 1. The van der Waals surface area contributed by atoms with E-state index in [4.69, 9.17) is 26.8 Å². The van der Waals surface area contributed by atoms with Gasteiger partial charge in [-0.25, -0.2) is 4.79 Å². The molecule has 9 heteroatoms. The fraction of sp³-hybridized carbons (Fsp3) is 0.591. The van der Waals surface area contributed by atoms with E-state index in [1.54, 1.807) is 26.8 Å². The van der Waals surface area contributed by atoms with Crippen molar-refractivity contribution in [3.8, 4) is 5.75 Å². The maximum atomic E-state index is 12.1. The number of amides is 2. The molecule has 0 unspecified atom stereocenters. The molecule has 0 saturated heterocycles. The summed E-state index contributed by atoms with van der Waals surface area (Å²) in [6, 6.07) is 4.98. The third-order valence-corrected chi connectivity index (χ3v) is 4.68. The summed E-state index contributed by atoms with van der Waals surface area (Å²) in [4.78, 5) is 34.5. The maximum Gasteiger partial charge on any atom is 0.407 e. The molecule has 0 saturated carbocycles. The van der Waals surface area contributed by atoms with E-state index in [1.165, 1.54) is 7.11 Å². The molecular weight excluding hydrogens is 424 g/mol. The molecule has 174 valence electrons. The molecule has 0 aliphatic heterocycles. The Morgan fingerprint density at radius 3 is 2.48 bits per heavy atom. The third-order valence-electron chi connectivity index (χ3n) is 4.25. The zero-order valence-electron chi connectivity index (χ0n) is 18.7. The Kier molecular flexibility index (Phi) is 11.2.